The third kappa shape index (κ3) is 2.74. The minimum atomic E-state index is -1.61. The summed E-state index contributed by atoms with van der Waals surface area (Å²) in [5, 5.41) is 10.2. The molecule has 0 aliphatic carbocycles. The SMILES string of the molecule is Cc1ccc(-n2nnc(-c3ccccc3)c2[Si](C)(C)C)cc1. The molecule has 22 heavy (non-hydrogen) atoms. The summed E-state index contributed by atoms with van der Waals surface area (Å²) in [6.45, 7) is 9.11. The smallest absolute Gasteiger partial charge is 0.112 e. The number of benzene rings is 2. The zero-order valence-corrected chi connectivity index (χ0v) is 14.5. The number of nitrogens with zero attached hydrogens (tertiary/aromatic N) is 3. The molecule has 0 N–H and O–H groups in total. The van der Waals surface area contributed by atoms with Gasteiger partial charge in [-0.25, -0.2) is 4.68 Å². The Labute approximate surface area is 132 Å². The van der Waals surface area contributed by atoms with Crippen LogP contribution in [-0.2, 0) is 0 Å². The Balaban J connectivity index is 2.20. The summed E-state index contributed by atoms with van der Waals surface area (Å²) < 4.78 is 2.02. The second-order valence-corrected chi connectivity index (χ2v) is 11.6. The maximum atomic E-state index is 4.50. The van der Waals surface area contributed by atoms with Gasteiger partial charge in [-0.3, -0.25) is 0 Å². The zero-order valence-electron chi connectivity index (χ0n) is 13.5. The van der Waals surface area contributed by atoms with Crippen LogP contribution in [-0.4, -0.2) is 23.1 Å². The van der Waals surface area contributed by atoms with Crippen molar-refractivity contribution in [2.75, 3.05) is 0 Å². The van der Waals surface area contributed by atoms with Crippen molar-refractivity contribution >= 4 is 13.4 Å². The molecule has 0 saturated heterocycles. The summed E-state index contributed by atoms with van der Waals surface area (Å²) in [5.74, 6) is 0. The lowest BCUT2D eigenvalue weighted by Gasteiger charge is -2.19. The van der Waals surface area contributed by atoms with Gasteiger partial charge >= 0.3 is 0 Å². The van der Waals surface area contributed by atoms with Crippen molar-refractivity contribution in [2.45, 2.75) is 26.6 Å². The highest BCUT2D eigenvalue weighted by Crippen LogP contribution is 2.20. The first-order chi connectivity index (χ1) is 10.5. The normalized spacial score (nSPS) is 11.6. The van der Waals surface area contributed by atoms with Gasteiger partial charge in [-0.05, 0) is 19.1 Å². The third-order valence-corrected chi connectivity index (χ3v) is 5.58. The van der Waals surface area contributed by atoms with Crippen molar-refractivity contribution in [1.82, 2.24) is 15.0 Å². The van der Waals surface area contributed by atoms with Gasteiger partial charge in [0.2, 0.25) is 0 Å². The zero-order chi connectivity index (χ0) is 15.7. The Morgan fingerprint density at radius 3 is 2.09 bits per heavy atom. The molecular formula is C18H21N3Si. The molecule has 0 atom stereocenters. The van der Waals surface area contributed by atoms with Crippen LogP contribution in [0.5, 0.6) is 0 Å². The van der Waals surface area contributed by atoms with E-state index in [1.54, 1.807) is 0 Å². The van der Waals surface area contributed by atoms with Gasteiger partial charge in [0.05, 0.1) is 11.0 Å². The molecule has 3 rings (SSSR count). The molecule has 112 valence electrons. The summed E-state index contributed by atoms with van der Waals surface area (Å²) >= 11 is 0. The van der Waals surface area contributed by atoms with E-state index in [-0.39, 0.29) is 0 Å². The van der Waals surface area contributed by atoms with Gasteiger partial charge in [0, 0.05) is 5.56 Å². The minimum absolute atomic E-state index is 1.01. The van der Waals surface area contributed by atoms with Gasteiger partial charge in [0.25, 0.3) is 0 Å². The maximum absolute atomic E-state index is 4.50. The van der Waals surface area contributed by atoms with Crippen LogP contribution in [0.1, 0.15) is 5.56 Å². The molecule has 3 nitrogen and oxygen atoms in total. The van der Waals surface area contributed by atoms with Gasteiger partial charge in [-0.2, -0.15) is 0 Å². The molecule has 1 heterocycles. The molecule has 0 aliphatic rings. The van der Waals surface area contributed by atoms with E-state index in [4.69, 9.17) is 0 Å². The predicted molar refractivity (Wildman–Crippen MR) is 94.5 cm³/mol. The summed E-state index contributed by atoms with van der Waals surface area (Å²) in [5.41, 5.74) is 4.48. The molecule has 0 radical (unpaired) electrons. The van der Waals surface area contributed by atoms with Crippen LogP contribution in [0.2, 0.25) is 19.6 Å². The molecule has 4 heteroatoms. The number of aryl methyl sites for hydroxylation is 1. The lowest BCUT2D eigenvalue weighted by Crippen LogP contribution is -2.43. The summed E-state index contributed by atoms with van der Waals surface area (Å²) in [4.78, 5) is 0. The fraction of sp³-hybridized carbons (Fsp3) is 0.222. The molecule has 1 aromatic heterocycles. The number of rotatable bonds is 3. The first-order valence-electron chi connectivity index (χ1n) is 7.55. The molecule has 0 fully saturated rings. The van der Waals surface area contributed by atoms with Gasteiger partial charge < -0.3 is 0 Å². The predicted octanol–water partition coefficient (Wildman–Crippen LogP) is 3.79. The van der Waals surface area contributed by atoms with Crippen LogP contribution in [0.15, 0.2) is 54.6 Å². The van der Waals surface area contributed by atoms with E-state index in [1.807, 2.05) is 22.9 Å². The van der Waals surface area contributed by atoms with Gasteiger partial charge in [-0.15, -0.1) is 5.10 Å². The summed E-state index contributed by atoms with van der Waals surface area (Å²) in [6, 6.07) is 18.8. The second kappa shape index (κ2) is 5.53. The van der Waals surface area contributed by atoms with E-state index >= 15 is 0 Å². The standard InChI is InChI=1S/C18H21N3Si/c1-14-10-12-16(13-11-14)21-18(22(2,3)4)17(19-20-21)15-8-6-5-7-9-15/h5-13H,1-4H3. The molecule has 0 saturated carbocycles. The minimum Gasteiger partial charge on any atom is -0.221 e. The van der Waals surface area contributed by atoms with Crippen LogP contribution >= 0.6 is 0 Å². The monoisotopic (exact) mass is 307 g/mol. The Kier molecular flexibility index (Phi) is 3.70. The number of aromatic nitrogens is 3. The van der Waals surface area contributed by atoms with E-state index in [0.29, 0.717) is 0 Å². The highest BCUT2D eigenvalue weighted by atomic mass is 28.3. The average molecular weight is 307 g/mol. The molecule has 2 aromatic carbocycles. The Morgan fingerprint density at radius 2 is 1.50 bits per heavy atom. The topological polar surface area (TPSA) is 30.7 Å². The second-order valence-electron chi connectivity index (χ2n) is 6.65. The molecule has 3 aromatic rings. The molecule has 0 amide bonds. The van der Waals surface area contributed by atoms with Gasteiger partial charge in [-0.1, -0.05) is 72.9 Å². The lowest BCUT2D eigenvalue weighted by molar-refractivity contribution is 0.814. The van der Waals surface area contributed by atoms with E-state index < -0.39 is 8.07 Å². The summed E-state index contributed by atoms with van der Waals surface area (Å²) in [7, 11) is -1.61. The quantitative estimate of drug-likeness (QED) is 0.689. The molecular weight excluding hydrogens is 286 g/mol. The summed E-state index contributed by atoms with van der Waals surface area (Å²) in [6.07, 6.45) is 0. The van der Waals surface area contributed by atoms with Crippen molar-refractivity contribution < 1.29 is 0 Å². The van der Waals surface area contributed by atoms with Crippen molar-refractivity contribution in [1.29, 1.82) is 0 Å². The number of hydrogen-bond acceptors (Lipinski definition) is 2. The first kappa shape index (κ1) is 14.7. The largest absolute Gasteiger partial charge is 0.221 e. The highest BCUT2D eigenvalue weighted by molar-refractivity contribution is 6.89. The third-order valence-electron chi connectivity index (χ3n) is 3.71. The Morgan fingerprint density at radius 1 is 0.864 bits per heavy atom. The van der Waals surface area contributed by atoms with E-state index in [2.05, 4.69) is 73.3 Å². The van der Waals surface area contributed by atoms with Crippen LogP contribution in [0, 0.1) is 6.92 Å². The van der Waals surface area contributed by atoms with E-state index in [1.165, 1.54) is 10.9 Å². The lowest BCUT2D eigenvalue weighted by atomic mass is 10.2. The van der Waals surface area contributed by atoms with Crippen LogP contribution in [0.25, 0.3) is 16.9 Å². The Hall–Kier alpha value is -2.20. The first-order valence-corrected chi connectivity index (χ1v) is 11.1. The van der Waals surface area contributed by atoms with Crippen LogP contribution in [0.3, 0.4) is 0 Å². The van der Waals surface area contributed by atoms with E-state index in [0.717, 1.165) is 16.9 Å². The van der Waals surface area contributed by atoms with Crippen LogP contribution < -0.4 is 5.32 Å². The fourth-order valence-corrected chi connectivity index (χ4v) is 4.33. The molecule has 0 aliphatic heterocycles. The fourth-order valence-electron chi connectivity index (χ4n) is 2.61. The molecule has 0 bridgehead atoms. The van der Waals surface area contributed by atoms with Crippen molar-refractivity contribution in [2.24, 2.45) is 0 Å². The number of hydrogen-bond donors (Lipinski definition) is 0. The molecule has 0 spiro atoms. The van der Waals surface area contributed by atoms with E-state index in [9.17, 15) is 0 Å². The van der Waals surface area contributed by atoms with Crippen molar-refractivity contribution in [3.05, 3.63) is 60.2 Å². The maximum Gasteiger partial charge on any atom is 0.112 e. The molecule has 0 unspecified atom stereocenters. The van der Waals surface area contributed by atoms with Crippen molar-refractivity contribution in [3.8, 4) is 16.9 Å². The highest BCUT2D eigenvalue weighted by Gasteiger charge is 2.28. The van der Waals surface area contributed by atoms with Crippen LogP contribution in [0.4, 0.5) is 0 Å². The Bertz CT molecular complexity index is 768. The van der Waals surface area contributed by atoms with Gasteiger partial charge in [0.1, 0.15) is 13.8 Å². The van der Waals surface area contributed by atoms with Gasteiger partial charge in [0.15, 0.2) is 0 Å². The van der Waals surface area contributed by atoms with Crippen molar-refractivity contribution in [3.63, 3.8) is 0 Å². The average Bonchev–Trinajstić information content (AvgIpc) is 2.94.